The Morgan fingerprint density at radius 1 is 0.789 bits per heavy atom. The van der Waals surface area contributed by atoms with Crippen molar-refractivity contribution in [2.24, 2.45) is 0 Å². The maximum absolute atomic E-state index is 2.52. The average molecular weight is 283 g/mol. The lowest BCUT2D eigenvalue weighted by atomic mass is 10.1. The average Bonchev–Trinajstić information content (AvgIpc) is 2.30. The first-order valence-corrected chi connectivity index (χ1v) is 11.7. The molecule has 0 spiro atoms. The predicted octanol–water partition coefficient (Wildman–Crippen LogP) is 7.19. The first-order chi connectivity index (χ1) is 8.81. The summed E-state index contributed by atoms with van der Waals surface area (Å²) >= 11 is 0. The molecule has 0 amide bonds. The molecule has 0 aromatic carbocycles. The van der Waals surface area contributed by atoms with Crippen LogP contribution in [0.2, 0.25) is 24.2 Å². The van der Waals surface area contributed by atoms with Gasteiger partial charge < -0.3 is 0 Å². The molecule has 19 heavy (non-hydrogen) atoms. The fourth-order valence-electron chi connectivity index (χ4n) is 2.02. The summed E-state index contributed by atoms with van der Waals surface area (Å²) in [6.07, 6.45) is 16.1. The molecule has 114 valence electrons. The Labute approximate surface area is 124 Å². The van der Waals surface area contributed by atoms with Gasteiger partial charge in [0.25, 0.3) is 0 Å². The van der Waals surface area contributed by atoms with Crippen molar-refractivity contribution in [2.75, 3.05) is 0 Å². The van der Waals surface area contributed by atoms with Crippen molar-refractivity contribution in [3.63, 3.8) is 0 Å². The molecule has 0 aliphatic rings. The minimum Gasteiger partial charge on any atom is -0.0912 e. The molecule has 0 bridgehead atoms. The second-order valence-corrected chi connectivity index (χ2v) is 13.4. The molecule has 1 heteroatoms. The van der Waals surface area contributed by atoms with Gasteiger partial charge in [-0.2, -0.15) is 0 Å². The van der Waals surface area contributed by atoms with Gasteiger partial charge in [0.2, 0.25) is 0 Å². The van der Waals surface area contributed by atoms with Crippen molar-refractivity contribution < 1.29 is 0 Å². The summed E-state index contributed by atoms with van der Waals surface area (Å²) in [5.74, 6) is 0. The van der Waals surface area contributed by atoms with Crippen molar-refractivity contribution in [3.05, 3.63) is 12.2 Å². The van der Waals surface area contributed by atoms with Gasteiger partial charge in [-0.3, -0.25) is 0 Å². The van der Waals surface area contributed by atoms with Gasteiger partial charge in [0, 0.05) is 0 Å². The Morgan fingerprint density at radius 2 is 1.32 bits per heavy atom. The molecule has 0 heterocycles. The van der Waals surface area contributed by atoms with Gasteiger partial charge in [0.1, 0.15) is 0 Å². The monoisotopic (exact) mass is 282 g/mol. The highest BCUT2D eigenvalue weighted by molar-refractivity contribution is 6.80. The lowest BCUT2D eigenvalue weighted by molar-refractivity contribution is 0.592. The van der Waals surface area contributed by atoms with Crippen LogP contribution >= 0.6 is 0 Å². The highest BCUT2D eigenvalue weighted by Crippen LogP contribution is 2.38. The van der Waals surface area contributed by atoms with Gasteiger partial charge in [-0.1, -0.05) is 91.5 Å². The Balaban J connectivity index is 3.55. The molecule has 0 fully saturated rings. The molecule has 0 rings (SSSR count). The van der Waals surface area contributed by atoms with Gasteiger partial charge in [0.15, 0.2) is 0 Å². The molecule has 0 nitrogen and oxygen atoms in total. The first-order valence-electron chi connectivity index (χ1n) is 8.46. The lowest BCUT2D eigenvalue weighted by Crippen LogP contribution is -2.36. The summed E-state index contributed by atoms with van der Waals surface area (Å²) in [4.78, 5) is 0. The zero-order valence-electron chi connectivity index (χ0n) is 14.5. The van der Waals surface area contributed by atoms with E-state index in [9.17, 15) is 0 Å². The smallest absolute Gasteiger partial charge is 0.0565 e. The van der Waals surface area contributed by atoms with Crippen molar-refractivity contribution in [2.45, 2.75) is 103 Å². The fourth-order valence-corrected chi connectivity index (χ4v) is 3.39. The van der Waals surface area contributed by atoms with Crippen LogP contribution in [0.4, 0.5) is 0 Å². The van der Waals surface area contributed by atoms with Crippen LogP contribution in [-0.2, 0) is 0 Å². The highest BCUT2D eigenvalue weighted by atomic mass is 28.3. The van der Waals surface area contributed by atoms with Gasteiger partial charge >= 0.3 is 0 Å². The first kappa shape index (κ1) is 19.0. The molecule has 0 aromatic heterocycles. The largest absolute Gasteiger partial charge is 0.0912 e. The van der Waals surface area contributed by atoms with Crippen LogP contribution in [0.25, 0.3) is 0 Å². The third-order valence-electron chi connectivity index (χ3n) is 4.80. The molecular weight excluding hydrogens is 244 g/mol. The van der Waals surface area contributed by atoms with Crippen molar-refractivity contribution in [3.8, 4) is 0 Å². The number of rotatable bonds is 10. The van der Waals surface area contributed by atoms with E-state index in [0.29, 0.717) is 5.04 Å². The molecule has 0 saturated heterocycles. The Morgan fingerprint density at radius 3 is 1.84 bits per heavy atom. The minimum absolute atomic E-state index is 0.524. The highest BCUT2D eigenvalue weighted by Gasteiger charge is 2.33. The number of allylic oxidation sites excluding steroid dienone is 2. The summed E-state index contributed by atoms with van der Waals surface area (Å²) < 4.78 is 0. The molecule has 0 saturated carbocycles. The van der Waals surface area contributed by atoms with E-state index in [1.165, 1.54) is 57.4 Å². The molecule has 0 aliphatic heterocycles. The van der Waals surface area contributed by atoms with Crippen LogP contribution < -0.4 is 0 Å². The van der Waals surface area contributed by atoms with E-state index in [1.54, 1.807) is 0 Å². The van der Waals surface area contributed by atoms with Crippen LogP contribution in [-0.4, -0.2) is 8.07 Å². The van der Waals surface area contributed by atoms with E-state index in [4.69, 9.17) is 0 Å². The summed E-state index contributed by atoms with van der Waals surface area (Å²) in [5.41, 5.74) is 0. The fraction of sp³-hybridized carbons (Fsp3) is 0.889. The SMILES string of the molecule is CCCCCCCCC/C=C/C[Si](C)(C)C(C)(C)C. The Kier molecular flexibility index (Phi) is 9.77. The number of hydrogen-bond acceptors (Lipinski definition) is 0. The summed E-state index contributed by atoms with van der Waals surface area (Å²) in [7, 11) is -1.08. The third kappa shape index (κ3) is 9.48. The minimum atomic E-state index is -1.08. The van der Waals surface area contributed by atoms with E-state index >= 15 is 0 Å². The van der Waals surface area contributed by atoms with Crippen LogP contribution in [0.3, 0.4) is 0 Å². The van der Waals surface area contributed by atoms with Crippen molar-refractivity contribution in [1.29, 1.82) is 0 Å². The van der Waals surface area contributed by atoms with Gasteiger partial charge in [0.05, 0.1) is 8.07 Å². The quantitative estimate of drug-likeness (QED) is 0.226. The number of hydrogen-bond donors (Lipinski definition) is 0. The van der Waals surface area contributed by atoms with E-state index < -0.39 is 8.07 Å². The lowest BCUT2D eigenvalue weighted by Gasteiger charge is -2.36. The normalized spacial score (nSPS) is 13.4. The van der Waals surface area contributed by atoms with Crippen molar-refractivity contribution in [1.82, 2.24) is 0 Å². The Bertz CT molecular complexity index is 233. The summed E-state index contributed by atoms with van der Waals surface area (Å²) in [6, 6.07) is 1.34. The molecule has 0 atom stereocenters. The maximum Gasteiger partial charge on any atom is 0.0565 e. The molecule has 0 radical (unpaired) electrons. The van der Waals surface area contributed by atoms with Crippen LogP contribution in [0.5, 0.6) is 0 Å². The van der Waals surface area contributed by atoms with Crippen LogP contribution in [0.15, 0.2) is 12.2 Å². The zero-order chi connectivity index (χ0) is 14.8. The molecular formula is C18H38Si. The molecule has 0 aromatic rings. The zero-order valence-corrected chi connectivity index (χ0v) is 15.5. The molecule has 0 N–H and O–H groups in total. The van der Waals surface area contributed by atoms with E-state index in [-0.39, 0.29) is 0 Å². The third-order valence-corrected chi connectivity index (χ3v) is 10.1. The Hall–Kier alpha value is -0.0431. The second-order valence-electron chi connectivity index (χ2n) is 7.72. The molecule has 0 aliphatic carbocycles. The van der Waals surface area contributed by atoms with E-state index in [0.717, 1.165) is 0 Å². The predicted molar refractivity (Wildman–Crippen MR) is 93.8 cm³/mol. The molecule has 0 unspecified atom stereocenters. The second kappa shape index (κ2) is 9.80. The summed E-state index contributed by atoms with van der Waals surface area (Å²) in [5, 5.41) is 0.524. The van der Waals surface area contributed by atoms with Gasteiger partial charge in [-0.05, 0) is 23.9 Å². The van der Waals surface area contributed by atoms with Gasteiger partial charge in [-0.25, -0.2) is 0 Å². The van der Waals surface area contributed by atoms with Crippen molar-refractivity contribution >= 4 is 8.07 Å². The van der Waals surface area contributed by atoms with Crippen LogP contribution in [0.1, 0.15) is 79.1 Å². The van der Waals surface area contributed by atoms with E-state index in [1.807, 2.05) is 0 Å². The van der Waals surface area contributed by atoms with Crippen LogP contribution in [0, 0.1) is 0 Å². The van der Waals surface area contributed by atoms with E-state index in [2.05, 4.69) is 52.9 Å². The maximum atomic E-state index is 2.52. The standard InChI is InChI=1S/C18H38Si/c1-7-8-9-10-11-12-13-14-15-16-17-19(5,6)18(2,3)4/h15-16H,7-14,17H2,1-6H3/b16-15+. The van der Waals surface area contributed by atoms with Gasteiger partial charge in [-0.15, -0.1) is 0 Å². The number of unbranched alkanes of at least 4 members (excludes halogenated alkanes) is 7. The topological polar surface area (TPSA) is 0 Å². The summed E-state index contributed by atoms with van der Waals surface area (Å²) in [6.45, 7) is 14.5.